The molecule has 0 saturated carbocycles. The van der Waals surface area contributed by atoms with Crippen LogP contribution in [0.15, 0.2) is 102 Å². The van der Waals surface area contributed by atoms with E-state index in [-0.39, 0.29) is 5.92 Å². The Morgan fingerprint density at radius 3 is 1.89 bits per heavy atom. The topological polar surface area (TPSA) is 21.6 Å². The molecule has 2 unspecified atom stereocenters. The second-order valence-electron chi connectivity index (χ2n) is 6.84. The first-order chi connectivity index (χ1) is 13.4. The van der Waals surface area contributed by atoms with Crippen molar-refractivity contribution in [3.05, 3.63) is 114 Å². The minimum Gasteiger partial charge on any atom is -0.399 e. The van der Waals surface area contributed by atoms with Crippen LogP contribution in [0.5, 0.6) is 0 Å². The van der Waals surface area contributed by atoms with E-state index in [0.717, 1.165) is 12.1 Å². The van der Waals surface area contributed by atoms with Gasteiger partial charge in [-0.25, -0.2) is 0 Å². The molecule has 0 fully saturated rings. The summed E-state index contributed by atoms with van der Waals surface area (Å²) in [6.45, 7) is 0. The molecule has 0 saturated heterocycles. The molecule has 27 heavy (non-hydrogen) atoms. The van der Waals surface area contributed by atoms with Crippen molar-refractivity contribution < 1.29 is 4.84 Å². The predicted octanol–water partition coefficient (Wildman–Crippen LogP) is 6.04. The van der Waals surface area contributed by atoms with Gasteiger partial charge >= 0.3 is 0 Å². The SMILES string of the molecule is CO/N=C1/C=C(c2ccccc2)C(c2ccccc2)C(c2ccccc2)C1. The molecule has 2 atom stereocenters. The summed E-state index contributed by atoms with van der Waals surface area (Å²) >= 11 is 0. The van der Waals surface area contributed by atoms with Crippen LogP contribution in [0.1, 0.15) is 34.9 Å². The van der Waals surface area contributed by atoms with Gasteiger partial charge in [0.1, 0.15) is 7.11 Å². The van der Waals surface area contributed by atoms with E-state index in [2.05, 4.69) is 102 Å². The van der Waals surface area contributed by atoms with Crippen molar-refractivity contribution in [3.63, 3.8) is 0 Å². The largest absolute Gasteiger partial charge is 0.399 e. The fraction of sp³-hybridized carbons (Fsp3) is 0.160. The summed E-state index contributed by atoms with van der Waals surface area (Å²) in [4.78, 5) is 5.13. The molecule has 0 amide bonds. The van der Waals surface area contributed by atoms with Gasteiger partial charge in [-0.3, -0.25) is 0 Å². The Hall–Kier alpha value is -3.13. The lowest BCUT2D eigenvalue weighted by atomic mass is 9.69. The van der Waals surface area contributed by atoms with Gasteiger partial charge in [-0.15, -0.1) is 0 Å². The maximum absolute atomic E-state index is 5.13. The van der Waals surface area contributed by atoms with Crippen molar-refractivity contribution in [2.24, 2.45) is 5.16 Å². The summed E-state index contributed by atoms with van der Waals surface area (Å²) in [6.07, 6.45) is 3.06. The number of oxime groups is 1. The number of allylic oxidation sites excluding steroid dienone is 2. The Morgan fingerprint density at radius 2 is 1.30 bits per heavy atom. The van der Waals surface area contributed by atoms with Crippen LogP contribution in [-0.4, -0.2) is 12.8 Å². The van der Waals surface area contributed by atoms with E-state index in [1.807, 2.05) is 0 Å². The van der Waals surface area contributed by atoms with E-state index in [9.17, 15) is 0 Å². The second kappa shape index (κ2) is 8.05. The molecule has 134 valence electrons. The maximum atomic E-state index is 5.13. The highest BCUT2D eigenvalue weighted by Crippen LogP contribution is 2.47. The summed E-state index contributed by atoms with van der Waals surface area (Å²) in [5.41, 5.74) is 6.17. The van der Waals surface area contributed by atoms with Crippen LogP contribution in [0.4, 0.5) is 0 Å². The predicted molar refractivity (Wildman–Crippen MR) is 112 cm³/mol. The lowest BCUT2D eigenvalue weighted by Crippen LogP contribution is -2.22. The highest BCUT2D eigenvalue weighted by atomic mass is 16.6. The molecule has 1 aliphatic carbocycles. The molecule has 2 heteroatoms. The highest BCUT2D eigenvalue weighted by molar-refractivity contribution is 6.04. The lowest BCUT2D eigenvalue weighted by Gasteiger charge is -2.34. The van der Waals surface area contributed by atoms with Gasteiger partial charge in [0.15, 0.2) is 0 Å². The molecular weight excluding hydrogens is 330 g/mol. The maximum Gasteiger partial charge on any atom is 0.106 e. The highest BCUT2D eigenvalue weighted by Gasteiger charge is 2.33. The molecule has 2 nitrogen and oxygen atoms in total. The van der Waals surface area contributed by atoms with Crippen molar-refractivity contribution in [2.45, 2.75) is 18.3 Å². The number of hydrogen-bond acceptors (Lipinski definition) is 2. The van der Waals surface area contributed by atoms with E-state index in [0.29, 0.717) is 5.92 Å². The summed E-state index contributed by atoms with van der Waals surface area (Å²) in [6, 6.07) is 32.1. The third kappa shape index (κ3) is 3.70. The van der Waals surface area contributed by atoms with Gasteiger partial charge in [0.05, 0.1) is 5.71 Å². The summed E-state index contributed by atoms with van der Waals surface area (Å²) in [7, 11) is 1.61. The second-order valence-corrected chi connectivity index (χ2v) is 6.84. The first-order valence-electron chi connectivity index (χ1n) is 9.33. The van der Waals surface area contributed by atoms with Crippen molar-refractivity contribution in [1.29, 1.82) is 0 Å². The van der Waals surface area contributed by atoms with Crippen molar-refractivity contribution in [2.75, 3.05) is 7.11 Å². The van der Waals surface area contributed by atoms with Gasteiger partial charge in [-0.2, -0.15) is 0 Å². The van der Waals surface area contributed by atoms with Gasteiger partial charge in [-0.05, 0) is 28.3 Å². The summed E-state index contributed by atoms with van der Waals surface area (Å²) < 4.78 is 0. The van der Waals surface area contributed by atoms with E-state index in [1.54, 1.807) is 7.11 Å². The zero-order valence-corrected chi connectivity index (χ0v) is 15.5. The van der Waals surface area contributed by atoms with Crippen LogP contribution in [0.3, 0.4) is 0 Å². The number of rotatable bonds is 4. The molecule has 0 N–H and O–H groups in total. The minimum atomic E-state index is 0.270. The Bertz CT molecular complexity index is 930. The molecule has 3 aromatic carbocycles. The molecule has 1 aliphatic rings. The van der Waals surface area contributed by atoms with Crippen molar-refractivity contribution >= 4 is 11.3 Å². The van der Waals surface area contributed by atoms with Crippen LogP contribution >= 0.6 is 0 Å². The summed E-state index contributed by atoms with van der Waals surface area (Å²) in [5.74, 6) is 0.578. The molecule has 0 bridgehead atoms. The third-order valence-corrected chi connectivity index (χ3v) is 5.19. The molecule has 0 radical (unpaired) electrons. The zero-order valence-electron chi connectivity index (χ0n) is 15.5. The van der Waals surface area contributed by atoms with Crippen LogP contribution < -0.4 is 0 Å². The smallest absolute Gasteiger partial charge is 0.106 e. The zero-order chi connectivity index (χ0) is 18.5. The van der Waals surface area contributed by atoms with Gasteiger partial charge < -0.3 is 4.84 Å². The molecular formula is C25H23NO. The molecule has 0 aromatic heterocycles. The monoisotopic (exact) mass is 353 g/mol. The Balaban J connectivity index is 1.90. The minimum absolute atomic E-state index is 0.270. The number of nitrogens with zero attached hydrogens (tertiary/aromatic N) is 1. The standard InChI is InChI=1S/C25H23NO/c1-27-26-22-17-23(19-11-5-2-6-12-19)25(21-15-9-4-10-16-21)24(18-22)20-13-7-3-8-14-20/h2-17,24-25H,18H2,1H3/b26-22-. The Kier molecular flexibility index (Phi) is 5.15. The quantitative estimate of drug-likeness (QED) is 0.524. The average molecular weight is 353 g/mol. The first-order valence-corrected chi connectivity index (χ1v) is 9.33. The lowest BCUT2D eigenvalue weighted by molar-refractivity contribution is 0.212. The van der Waals surface area contributed by atoms with Crippen molar-refractivity contribution in [3.8, 4) is 0 Å². The van der Waals surface area contributed by atoms with Crippen LogP contribution in [0.25, 0.3) is 5.57 Å². The fourth-order valence-corrected chi connectivity index (χ4v) is 4.05. The van der Waals surface area contributed by atoms with Gasteiger partial charge in [0.2, 0.25) is 0 Å². The molecule has 4 rings (SSSR count). The number of hydrogen-bond donors (Lipinski definition) is 0. The van der Waals surface area contributed by atoms with Gasteiger partial charge in [-0.1, -0.05) is 96.2 Å². The molecule has 0 spiro atoms. The van der Waals surface area contributed by atoms with Crippen LogP contribution in [0.2, 0.25) is 0 Å². The molecule has 0 heterocycles. The van der Waals surface area contributed by atoms with Crippen molar-refractivity contribution in [1.82, 2.24) is 0 Å². The molecule has 3 aromatic rings. The van der Waals surface area contributed by atoms with E-state index < -0.39 is 0 Å². The van der Waals surface area contributed by atoms with E-state index in [4.69, 9.17) is 4.84 Å². The third-order valence-electron chi connectivity index (χ3n) is 5.19. The van der Waals surface area contributed by atoms with Crippen LogP contribution in [-0.2, 0) is 4.84 Å². The summed E-state index contributed by atoms with van der Waals surface area (Å²) in [5, 5.41) is 4.30. The average Bonchev–Trinajstić information content (AvgIpc) is 2.75. The van der Waals surface area contributed by atoms with Gasteiger partial charge in [0, 0.05) is 18.3 Å². The van der Waals surface area contributed by atoms with Gasteiger partial charge in [0.25, 0.3) is 0 Å². The fourth-order valence-electron chi connectivity index (χ4n) is 4.05. The number of benzene rings is 3. The van der Waals surface area contributed by atoms with Crippen LogP contribution in [0, 0.1) is 0 Å². The normalized spacial score (nSPS) is 20.9. The van der Waals surface area contributed by atoms with E-state index in [1.165, 1.54) is 22.3 Å². The first kappa shape index (κ1) is 17.3. The Labute approximate surface area is 160 Å². The Morgan fingerprint density at radius 1 is 0.741 bits per heavy atom. The van der Waals surface area contributed by atoms with E-state index >= 15 is 0 Å². The molecule has 0 aliphatic heterocycles.